The summed E-state index contributed by atoms with van der Waals surface area (Å²) in [7, 11) is 0. The molecule has 1 heterocycles. The highest BCUT2D eigenvalue weighted by atomic mass is 19.1. The second kappa shape index (κ2) is 7.36. The first-order chi connectivity index (χ1) is 12.5. The fraction of sp³-hybridized carbons (Fsp3) is 0.250. The molecule has 0 spiro atoms. The summed E-state index contributed by atoms with van der Waals surface area (Å²) in [4.78, 5) is 27.5. The van der Waals surface area contributed by atoms with E-state index in [9.17, 15) is 14.0 Å². The van der Waals surface area contributed by atoms with Crippen molar-refractivity contribution in [2.24, 2.45) is 0 Å². The van der Waals surface area contributed by atoms with Gasteiger partial charge in [0.05, 0.1) is 17.3 Å². The number of rotatable bonds is 3. The van der Waals surface area contributed by atoms with Crippen LogP contribution in [-0.2, 0) is 0 Å². The number of nitrogens with zero attached hydrogens (tertiary/aromatic N) is 3. The van der Waals surface area contributed by atoms with Crippen molar-refractivity contribution < 1.29 is 14.0 Å². The van der Waals surface area contributed by atoms with E-state index in [1.165, 1.54) is 13.0 Å². The highest BCUT2D eigenvalue weighted by Gasteiger charge is 2.24. The molecule has 1 aliphatic heterocycles. The number of carbonyl (C=O) groups is 2. The summed E-state index contributed by atoms with van der Waals surface area (Å²) in [5.41, 5.74) is 1.71. The molecule has 2 aromatic rings. The summed E-state index contributed by atoms with van der Waals surface area (Å²) in [6.07, 6.45) is 0. The molecule has 0 aromatic heterocycles. The number of Topliss-reactive ketones (excluding diaryl/α,β-unsaturated/α-hetero) is 1. The molecule has 0 atom stereocenters. The molecular weight excluding hydrogens is 333 g/mol. The topological polar surface area (TPSA) is 64.4 Å². The van der Waals surface area contributed by atoms with Gasteiger partial charge in [0.15, 0.2) is 5.78 Å². The molecule has 1 fully saturated rings. The number of ketones is 1. The van der Waals surface area contributed by atoms with Gasteiger partial charge in [-0.1, -0.05) is 6.07 Å². The Morgan fingerprint density at radius 1 is 1.04 bits per heavy atom. The van der Waals surface area contributed by atoms with Crippen molar-refractivity contribution in [1.29, 1.82) is 5.26 Å². The number of hydrogen-bond acceptors (Lipinski definition) is 4. The monoisotopic (exact) mass is 351 g/mol. The maximum atomic E-state index is 14.3. The quantitative estimate of drug-likeness (QED) is 0.798. The van der Waals surface area contributed by atoms with Crippen LogP contribution in [-0.4, -0.2) is 42.8 Å². The smallest absolute Gasteiger partial charge is 0.254 e. The van der Waals surface area contributed by atoms with Gasteiger partial charge >= 0.3 is 0 Å². The molecule has 1 saturated heterocycles. The Morgan fingerprint density at radius 3 is 2.38 bits per heavy atom. The standard InChI is InChI=1S/C20H18FN3O2/c1-14(25)16-5-6-19(18(21)12-16)23-7-9-24(10-8-23)20(26)17-4-2-3-15(11-17)13-22/h2-6,11-12H,7-10H2,1H3. The third-order valence-electron chi connectivity index (χ3n) is 4.50. The van der Waals surface area contributed by atoms with Crippen molar-refractivity contribution in [2.75, 3.05) is 31.1 Å². The molecule has 0 bridgehead atoms. The minimum absolute atomic E-state index is 0.130. The van der Waals surface area contributed by atoms with Crippen LogP contribution in [0.3, 0.4) is 0 Å². The molecule has 2 aromatic carbocycles. The van der Waals surface area contributed by atoms with Gasteiger partial charge in [-0.15, -0.1) is 0 Å². The van der Waals surface area contributed by atoms with Gasteiger partial charge in [0, 0.05) is 37.3 Å². The van der Waals surface area contributed by atoms with Crippen LogP contribution < -0.4 is 4.90 Å². The highest BCUT2D eigenvalue weighted by Crippen LogP contribution is 2.23. The SMILES string of the molecule is CC(=O)c1ccc(N2CCN(C(=O)c3cccc(C#N)c3)CC2)c(F)c1. The Bertz CT molecular complexity index is 896. The predicted molar refractivity (Wildman–Crippen MR) is 95.7 cm³/mol. The first-order valence-electron chi connectivity index (χ1n) is 8.34. The molecule has 0 radical (unpaired) electrons. The highest BCUT2D eigenvalue weighted by molar-refractivity contribution is 5.95. The van der Waals surface area contributed by atoms with Crippen LogP contribution in [0.25, 0.3) is 0 Å². The first kappa shape index (κ1) is 17.6. The fourth-order valence-electron chi connectivity index (χ4n) is 3.04. The van der Waals surface area contributed by atoms with E-state index in [1.54, 1.807) is 41.3 Å². The summed E-state index contributed by atoms with van der Waals surface area (Å²) in [6.45, 7) is 3.33. The van der Waals surface area contributed by atoms with Crippen molar-refractivity contribution in [3.05, 3.63) is 65.0 Å². The maximum absolute atomic E-state index is 14.3. The number of hydrogen-bond donors (Lipinski definition) is 0. The molecule has 0 unspecified atom stereocenters. The lowest BCUT2D eigenvalue weighted by Gasteiger charge is -2.36. The Labute approximate surface area is 151 Å². The molecule has 5 nitrogen and oxygen atoms in total. The van der Waals surface area contributed by atoms with E-state index in [0.29, 0.717) is 48.6 Å². The second-order valence-corrected chi connectivity index (χ2v) is 6.19. The van der Waals surface area contributed by atoms with E-state index in [-0.39, 0.29) is 11.7 Å². The van der Waals surface area contributed by atoms with Crippen LogP contribution in [0.4, 0.5) is 10.1 Å². The molecule has 0 saturated carbocycles. The summed E-state index contributed by atoms with van der Waals surface area (Å²) in [5.74, 6) is -0.737. The van der Waals surface area contributed by atoms with Crippen LogP contribution in [0.15, 0.2) is 42.5 Å². The molecule has 0 aliphatic carbocycles. The normalized spacial score (nSPS) is 14.0. The average Bonchev–Trinajstić information content (AvgIpc) is 2.67. The van der Waals surface area contributed by atoms with E-state index in [1.807, 2.05) is 11.0 Å². The first-order valence-corrected chi connectivity index (χ1v) is 8.34. The third-order valence-corrected chi connectivity index (χ3v) is 4.50. The van der Waals surface area contributed by atoms with Crippen molar-refractivity contribution >= 4 is 17.4 Å². The van der Waals surface area contributed by atoms with Crippen LogP contribution in [0.2, 0.25) is 0 Å². The predicted octanol–water partition coefficient (Wildman–Crippen LogP) is 2.86. The van der Waals surface area contributed by atoms with Crippen molar-refractivity contribution in [2.45, 2.75) is 6.92 Å². The minimum atomic E-state index is -0.431. The number of anilines is 1. The van der Waals surface area contributed by atoms with E-state index in [2.05, 4.69) is 0 Å². The molecule has 132 valence electrons. The molecule has 26 heavy (non-hydrogen) atoms. The van der Waals surface area contributed by atoms with Crippen LogP contribution >= 0.6 is 0 Å². The Morgan fingerprint density at radius 2 is 1.77 bits per heavy atom. The van der Waals surface area contributed by atoms with Crippen molar-refractivity contribution in [3.8, 4) is 6.07 Å². The lowest BCUT2D eigenvalue weighted by molar-refractivity contribution is 0.0746. The number of benzene rings is 2. The zero-order valence-corrected chi connectivity index (χ0v) is 14.4. The summed E-state index contributed by atoms with van der Waals surface area (Å²) >= 11 is 0. The van der Waals surface area contributed by atoms with Crippen LogP contribution in [0.5, 0.6) is 0 Å². The Hall–Kier alpha value is -3.20. The number of halogens is 1. The van der Waals surface area contributed by atoms with Gasteiger partial charge < -0.3 is 9.80 Å². The zero-order chi connectivity index (χ0) is 18.7. The summed E-state index contributed by atoms with van der Waals surface area (Å²) in [5, 5.41) is 8.96. The molecule has 0 N–H and O–H groups in total. The number of carbonyl (C=O) groups excluding carboxylic acids is 2. The largest absolute Gasteiger partial charge is 0.366 e. The maximum Gasteiger partial charge on any atom is 0.254 e. The Kier molecular flexibility index (Phi) is 4.99. The lowest BCUT2D eigenvalue weighted by atomic mass is 10.1. The van der Waals surface area contributed by atoms with Gasteiger partial charge in [0.2, 0.25) is 0 Å². The van der Waals surface area contributed by atoms with Crippen molar-refractivity contribution in [3.63, 3.8) is 0 Å². The zero-order valence-electron chi connectivity index (χ0n) is 14.4. The number of piperazine rings is 1. The molecule has 1 aliphatic rings. The van der Waals surface area contributed by atoms with Crippen molar-refractivity contribution in [1.82, 2.24) is 4.90 Å². The van der Waals surface area contributed by atoms with Crippen LogP contribution in [0.1, 0.15) is 33.2 Å². The average molecular weight is 351 g/mol. The third kappa shape index (κ3) is 3.57. The molecule has 1 amide bonds. The van der Waals surface area contributed by atoms with Gasteiger partial charge in [0.25, 0.3) is 5.91 Å². The fourth-order valence-corrected chi connectivity index (χ4v) is 3.04. The van der Waals surface area contributed by atoms with Gasteiger partial charge in [-0.2, -0.15) is 5.26 Å². The molecule has 6 heteroatoms. The summed E-state index contributed by atoms with van der Waals surface area (Å²) < 4.78 is 14.3. The van der Waals surface area contributed by atoms with Crippen LogP contribution in [0, 0.1) is 17.1 Å². The minimum Gasteiger partial charge on any atom is -0.366 e. The summed E-state index contributed by atoms with van der Waals surface area (Å²) in [6, 6.07) is 13.1. The lowest BCUT2D eigenvalue weighted by Crippen LogP contribution is -2.49. The van der Waals surface area contributed by atoms with E-state index in [0.717, 1.165) is 0 Å². The molecular formula is C20H18FN3O2. The number of amides is 1. The van der Waals surface area contributed by atoms with Gasteiger partial charge in [0.1, 0.15) is 5.82 Å². The Balaban J connectivity index is 1.68. The second-order valence-electron chi connectivity index (χ2n) is 6.19. The van der Waals surface area contributed by atoms with E-state index < -0.39 is 5.82 Å². The van der Waals surface area contributed by atoms with Gasteiger partial charge in [-0.3, -0.25) is 9.59 Å². The van der Waals surface area contributed by atoms with Gasteiger partial charge in [-0.05, 0) is 43.3 Å². The van der Waals surface area contributed by atoms with E-state index >= 15 is 0 Å². The van der Waals surface area contributed by atoms with E-state index in [4.69, 9.17) is 5.26 Å². The van der Waals surface area contributed by atoms with Gasteiger partial charge in [-0.25, -0.2) is 4.39 Å². The number of nitriles is 1. The molecule has 3 rings (SSSR count).